The lowest BCUT2D eigenvalue weighted by molar-refractivity contribution is 0.0353. The molecule has 1 rings (SSSR count). The molecule has 0 amide bonds. The number of hydrogen-bond donors (Lipinski definition) is 1. The molecule has 1 unspecified atom stereocenters. The zero-order chi connectivity index (χ0) is 12.4. The summed E-state index contributed by atoms with van der Waals surface area (Å²) in [4.78, 5) is 4.09. The van der Waals surface area contributed by atoms with Gasteiger partial charge < -0.3 is 5.73 Å². The zero-order valence-corrected chi connectivity index (χ0v) is 10.5. The van der Waals surface area contributed by atoms with Crippen molar-refractivity contribution in [3.8, 4) is 0 Å². The fourth-order valence-electron chi connectivity index (χ4n) is 1.58. The van der Waals surface area contributed by atoms with E-state index in [4.69, 9.17) is 5.73 Å². The van der Waals surface area contributed by atoms with E-state index in [0.29, 0.717) is 12.4 Å². The average molecular weight is 228 g/mol. The first-order valence-electron chi connectivity index (χ1n) is 5.59. The van der Waals surface area contributed by atoms with Crippen LogP contribution in [-0.2, 0) is 13.0 Å². The van der Waals surface area contributed by atoms with Crippen LogP contribution in [0, 0.1) is 5.41 Å². The summed E-state index contributed by atoms with van der Waals surface area (Å²) in [6, 6.07) is 0. The maximum atomic E-state index is 14.7. The van der Waals surface area contributed by atoms with Gasteiger partial charge in [-0.2, -0.15) is 5.10 Å². The standard InChI is InChI=1S/C11H21FN4/c1-5-16-9(14-8-15-16)6-11(12,7-13)10(2,3)4/h8H,5-7,13H2,1-4H3. The van der Waals surface area contributed by atoms with Crippen molar-refractivity contribution in [1.29, 1.82) is 0 Å². The van der Waals surface area contributed by atoms with Crippen LogP contribution in [0.1, 0.15) is 33.5 Å². The van der Waals surface area contributed by atoms with Gasteiger partial charge in [-0.25, -0.2) is 9.37 Å². The van der Waals surface area contributed by atoms with Gasteiger partial charge >= 0.3 is 0 Å². The SMILES string of the molecule is CCn1ncnc1CC(F)(CN)C(C)(C)C. The molecule has 0 spiro atoms. The summed E-state index contributed by atoms with van der Waals surface area (Å²) in [5.41, 5.74) is 3.61. The Balaban J connectivity index is 2.94. The summed E-state index contributed by atoms with van der Waals surface area (Å²) in [6.07, 6.45) is 1.67. The third kappa shape index (κ3) is 2.40. The molecule has 0 bridgehead atoms. The number of alkyl halides is 1. The summed E-state index contributed by atoms with van der Waals surface area (Å²) in [6.45, 7) is 8.20. The van der Waals surface area contributed by atoms with Crippen LogP contribution in [0.4, 0.5) is 4.39 Å². The Hall–Kier alpha value is -0.970. The van der Waals surface area contributed by atoms with Crippen molar-refractivity contribution in [2.24, 2.45) is 11.1 Å². The summed E-state index contributed by atoms with van der Waals surface area (Å²) >= 11 is 0. The Kier molecular flexibility index (Phi) is 3.68. The van der Waals surface area contributed by atoms with E-state index in [0.717, 1.165) is 0 Å². The van der Waals surface area contributed by atoms with E-state index in [2.05, 4.69) is 10.1 Å². The van der Waals surface area contributed by atoms with Gasteiger partial charge in [0.25, 0.3) is 0 Å². The summed E-state index contributed by atoms with van der Waals surface area (Å²) < 4.78 is 16.4. The third-order valence-electron chi connectivity index (χ3n) is 3.10. The van der Waals surface area contributed by atoms with Gasteiger partial charge in [-0.1, -0.05) is 20.8 Å². The minimum Gasteiger partial charge on any atom is -0.327 e. The molecule has 0 aliphatic carbocycles. The van der Waals surface area contributed by atoms with Crippen LogP contribution in [0.25, 0.3) is 0 Å². The molecule has 0 radical (unpaired) electrons. The summed E-state index contributed by atoms with van der Waals surface area (Å²) in [5, 5.41) is 4.03. The van der Waals surface area contributed by atoms with Crippen LogP contribution in [0.5, 0.6) is 0 Å². The molecule has 1 aromatic heterocycles. The van der Waals surface area contributed by atoms with E-state index in [1.54, 1.807) is 4.68 Å². The predicted octanol–water partition coefficient (Wildman–Crippen LogP) is 1.55. The number of hydrogen-bond acceptors (Lipinski definition) is 3. The van der Waals surface area contributed by atoms with Gasteiger partial charge in [0, 0.05) is 19.5 Å². The van der Waals surface area contributed by atoms with E-state index >= 15 is 0 Å². The minimum absolute atomic E-state index is 0.00687. The molecule has 1 heterocycles. The normalized spacial score (nSPS) is 16.1. The second-order valence-corrected chi connectivity index (χ2v) is 5.09. The van der Waals surface area contributed by atoms with Gasteiger partial charge in [-0.05, 0) is 12.3 Å². The van der Waals surface area contributed by atoms with Crippen molar-refractivity contribution < 1.29 is 4.39 Å². The highest BCUT2D eigenvalue weighted by Gasteiger charge is 2.42. The molecule has 2 N–H and O–H groups in total. The lowest BCUT2D eigenvalue weighted by Crippen LogP contribution is -2.47. The number of nitrogens with two attached hydrogens (primary N) is 1. The van der Waals surface area contributed by atoms with Gasteiger partial charge in [-0.15, -0.1) is 0 Å². The van der Waals surface area contributed by atoms with Crippen molar-refractivity contribution in [3.05, 3.63) is 12.2 Å². The molecule has 4 nitrogen and oxygen atoms in total. The molecule has 0 aliphatic heterocycles. The van der Waals surface area contributed by atoms with Crippen LogP contribution in [0.2, 0.25) is 0 Å². The highest BCUT2D eigenvalue weighted by molar-refractivity contribution is 5.01. The maximum Gasteiger partial charge on any atom is 0.138 e. The molecular formula is C11H21FN4. The average Bonchev–Trinajstić information content (AvgIpc) is 2.63. The molecule has 0 aliphatic rings. The molecule has 0 saturated carbocycles. The number of rotatable bonds is 4. The van der Waals surface area contributed by atoms with E-state index in [1.807, 2.05) is 27.7 Å². The summed E-state index contributed by atoms with van der Waals surface area (Å²) in [7, 11) is 0. The first kappa shape index (κ1) is 13.1. The highest BCUT2D eigenvalue weighted by Crippen LogP contribution is 2.35. The topological polar surface area (TPSA) is 56.7 Å². The molecule has 16 heavy (non-hydrogen) atoms. The number of nitrogens with zero attached hydrogens (tertiary/aromatic N) is 3. The lowest BCUT2D eigenvalue weighted by atomic mass is 9.76. The first-order valence-corrected chi connectivity index (χ1v) is 5.59. The van der Waals surface area contributed by atoms with Crippen LogP contribution < -0.4 is 5.73 Å². The molecule has 5 heteroatoms. The minimum atomic E-state index is -1.45. The molecule has 0 fully saturated rings. The fraction of sp³-hybridized carbons (Fsp3) is 0.818. The van der Waals surface area contributed by atoms with Crippen molar-refractivity contribution in [1.82, 2.24) is 14.8 Å². The zero-order valence-electron chi connectivity index (χ0n) is 10.5. The Bertz CT molecular complexity index is 342. The van der Waals surface area contributed by atoms with E-state index in [9.17, 15) is 4.39 Å². The molecule has 92 valence electrons. The highest BCUT2D eigenvalue weighted by atomic mass is 19.1. The molecule has 0 aromatic carbocycles. The largest absolute Gasteiger partial charge is 0.327 e. The fourth-order valence-corrected chi connectivity index (χ4v) is 1.58. The lowest BCUT2D eigenvalue weighted by Gasteiger charge is -2.36. The van der Waals surface area contributed by atoms with Crippen molar-refractivity contribution in [3.63, 3.8) is 0 Å². The Morgan fingerprint density at radius 2 is 2.06 bits per heavy atom. The Labute approximate surface area is 96.0 Å². The molecular weight excluding hydrogens is 207 g/mol. The van der Waals surface area contributed by atoms with Crippen molar-refractivity contribution >= 4 is 0 Å². The van der Waals surface area contributed by atoms with Gasteiger partial charge in [0.2, 0.25) is 0 Å². The van der Waals surface area contributed by atoms with E-state index in [1.165, 1.54) is 6.33 Å². The summed E-state index contributed by atoms with van der Waals surface area (Å²) in [5.74, 6) is 0.658. The van der Waals surface area contributed by atoms with Crippen molar-refractivity contribution in [2.45, 2.75) is 46.3 Å². The van der Waals surface area contributed by atoms with Crippen molar-refractivity contribution in [2.75, 3.05) is 6.54 Å². The maximum absolute atomic E-state index is 14.7. The number of aryl methyl sites for hydroxylation is 1. The predicted molar refractivity (Wildman–Crippen MR) is 61.7 cm³/mol. The third-order valence-corrected chi connectivity index (χ3v) is 3.10. The van der Waals surface area contributed by atoms with Gasteiger partial charge in [0.05, 0.1) is 0 Å². The van der Waals surface area contributed by atoms with Gasteiger partial charge in [-0.3, -0.25) is 4.68 Å². The second-order valence-electron chi connectivity index (χ2n) is 5.09. The Morgan fingerprint density at radius 1 is 1.44 bits per heavy atom. The van der Waals surface area contributed by atoms with Crippen LogP contribution in [0.15, 0.2) is 6.33 Å². The number of aromatic nitrogens is 3. The quantitative estimate of drug-likeness (QED) is 0.850. The van der Waals surface area contributed by atoms with Crippen LogP contribution >= 0.6 is 0 Å². The Morgan fingerprint density at radius 3 is 2.50 bits per heavy atom. The van der Waals surface area contributed by atoms with E-state index in [-0.39, 0.29) is 13.0 Å². The van der Waals surface area contributed by atoms with Gasteiger partial charge in [0.1, 0.15) is 17.8 Å². The molecule has 1 atom stereocenters. The number of halogens is 1. The van der Waals surface area contributed by atoms with E-state index < -0.39 is 11.1 Å². The molecule has 0 saturated heterocycles. The van der Waals surface area contributed by atoms with Crippen LogP contribution in [0.3, 0.4) is 0 Å². The van der Waals surface area contributed by atoms with Gasteiger partial charge in [0.15, 0.2) is 0 Å². The second kappa shape index (κ2) is 4.49. The van der Waals surface area contributed by atoms with Crippen LogP contribution in [-0.4, -0.2) is 27.0 Å². The monoisotopic (exact) mass is 228 g/mol. The molecule has 1 aromatic rings. The first-order chi connectivity index (χ1) is 7.34. The smallest absolute Gasteiger partial charge is 0.138 e.